The van der Waals surface area contributed by atoms with Crippen LogP contribution < -0.4 is 0 Å². The molecule has 0 aliphatic rings. The molecule has 0 aliphatic heterocycles. The van der Waals surface area contributed by atoms with E-state index in [1.165, 1.54) is 6.42 Å². The molecule has 0 spiro atoms. The first-order valence-electron chi connectivity index (χ1n) is 5.89. The molecule has 0 rings (SSSR count). The average molecular weight is 201 g/mol. The maximum absolute atomic E-state index is 9.52. The number of aliphatic hydroxyl groups is 1. The SMILES string of the molecule is CC[C@H](O)C[C@H](C)CN(C)[C@@H](C)CC. The van der Waals surface area contributed by atoms with E-state index in [2.05, 4.69) is 32.7 Å². The number of rotatable bonds is 7. The van der Waals surface area contributed by atoms with E-state index >= 15 is 0 Å². The zero-order valence-corrected chi connectivity index (χ0v) is 10.5. The molecule has 0 heterocycles. The summed E-state index contributed by atoms with van der Waals surface area (Å²) in [5, 5.41) is 9.52. The Morgan fingerprint density at radius 1 is 1.14 bits per heavy atom. The molecule has 2 heteroatoms. The van der Waals surface area contributed by atoms with E-state index in [-0.39, 0.29) is 6.10 Å². The van der Waals surface area contributed by atoms with Crippen molar-refractivity contribution in [1.82, 2.24) is 4.90 Å². The molecule has 14 heavy (non-hydrogen) atoms. The lowest BCUT2D eigenvalue weighted by Crippen LogP contribution is -2.33. The van der Waals surface area contributed by atoms with Crippen molar-refractivity contribution in [2.24, 2.45) is 5.92 Å². The molecular formula is C12H27NO. The molecule has 0 aromatic heterocycles. The van der Waals surface area contributed by atoms with Gasteiger partial charge in [0.1, 0.15) is 0 Å². The fraction of sp³-hybridized carbons (Fsp3) is 1.00. The summed E-state index contributed by atoms with van der Waals surface area (Å²) < 4.78 is 0. The molecular weight excluding hydrogens is 174 g/mol. The summed E-state index contributed by atoms with van der Waals surface area (Å²) in [5.41, 5.74) is 0. The molecule has 0 amide bonds. The molecule has 0 aromatic carbocycles. The predicted molar refractivity (Wildman–Crippen MR) is 62.5 cm³/mol. The molecule has 1 N–H and O–H groups in total. The van der Waals surface area contributed by atoms with Crippen LogP contribution in [0.25, 0.3) is 0 Å². The summed E-state index contributed by atoms with van der Waals surface area (Å²) in [7, 11) is 2.17. The van der Waals surface area contributed by atoms with Crippen molar-refractivity contribution in [3.63, 3.8) is 0 Å². The molecule has 0 bridgehead atoms. The Morgan fingerprint density at radius 2 is 1.71 bits per heavy atom. The van der Waals surface area contributed by atoms with E-state index in [1.807, 2.05) is 6.92 Å². The molecule has 86 valence electrons. The van der Waals surface area contributed by atoms with Crippen LogP contribution in [0.5, 0.6) is 0 Å². The van der Waals surface area contributed by atoms with Gasteiger partial charge in [-0.15, -0.1) is 0 Å². The highest BCUT2D eigenvalue weighted by atomic mass is 16.3. The van der Waals surface area contributed by atoms with Crippen molar-refractivity contribution >= 4 is 0 Å². The first kappa shape index (κ1) is 13.9. The summed E-state index contributed by atoms with van der Waals surface area (Å²) in [6.07, 6.45) is 2.88. The minimum Gasteiger partial charge on any atom is -0.393 e. The molecule has 3 atom stereocenters. The highest BCUT2D eigenvalue weighted by molar-refractivity contribution is 4.67. The van der Waals surface area contributed by atoms with Crippen LogP contribution in [0.1, 0.15) is 47.0 Å². The van der Waals surface area contributed by atoms with Gasteiger partial charge in [0.05, 0.1) is 6.10 Å². The summed E-state index contributed by atoms with van der Waals surface area (Å²) in [4.78, 5) is 2.38. The van der Waals surface area contributed by atoms with E-state index < -0.39 is 0 Å². The van der Waals surface area contributed by atoms with Gasteiger partial charge in [0.25, 0.3) is 0 Å². The number of aliphatic hydroxyl groups excluding tert-OH is 1. The molecule has 0 aromatic rings. The van der Waals surface area contributed by atoms with Crippen molar-refractivity contribution in [1.29, 1.82) is 0 Å². The molecule has 0 radical (unpaired) electrons. The maximum Gasteiger partial charge on any atom is 0.0540 e. The lowest BCUT2D eigenvalue weighted by Gasteiger charge is -2.27. The van der Waals surface area contributed by atoms with Crippen LogP contribution in [0.2, 0.25) is 0 Å². The summed E-state index contributed by atoms with van der Waals surface area (Å²) in [6, 6.07) is 0.649. The fourth-order valence-electron chi connectivity index (χ4n) is 1.69. The minimum absolute atomic E-state index is 0.115. The maximum atomic E-state index is 9.52. The standard InChI is InChI=1S/C12H27NO/c1-6-11(4)13(5)9-10(3)8-12(14)7-2/h10-12,14H,6-9H2,1-5H3/t10-,11-,12-/m0/s1. The molecule has 0 fully saturated rings. The van der Waals surface area contributed by atoms with Gasteiger partial charge in [0.15, 0.2) is 0 Å². The molecule has 0 saturated heterocycles. The normalized spacial score (nSPS) is 18.2. The Balaban J connectivity index is 3.75. The van der Waals surface area contributed by atoms with Gasteiger partial charge in [0.2, 0.25) is 0 Å². The quantitative estimate of drug-likeness (QED) is 0.684. The summed E-state index contributed by atoms with van der Waals surface area (Å²) in [5.74, 6) is 0.587. The summed E-state index contributed by atoms with van der Waals surface area (Å²) in [6.45, 7) is 9.81. The van der Waals surface area contributed by atoms with Gasteiger partial charge in [-0.1, -0.05) is 20.8 Å². The lowest BCUT2D eigenvalue weighted by molar-refractivity contribution is 0.123. The smallest absolute Gasteiger partial charge is 0.0540 e. The molecule has 0 aliphatic carbocycles. The Bertz CT molecular complexity index is 138. The third-order valence-electron chi connectivity index (χ3n) is 3.09. The van der Waals surface area contributed by atoms with Crippen LogP contribution >= 0.6 is 0 Å². The van der Waals surface area contributed by atoms with Crippen LogP contribution in [-0.4, -0.2) is 35.7 Å². The predicted octanol–water partition coefficient (Wildman–Crippen LogP) is 2.51. The third kappa shape index (κ3) is 5.61. The Kier molecular flexibility index (Phi) is 7.20. The van der Waals surface area contributed by atoms with Crippen LogP contribution in [0.4, 0.5) is 0 Å². The van der Waals surface area contributed by atoms with Gasteiger partial charge < -0.3 is 10.0 Å². The second kappa shape index (κ2) is 7.24. The lowest BCUT2D eigenvalue weighted by atomic mass is 10.0. The van der Waals surface area contributed by atoms with E-state index in [1.54, 1.807) is 0 Å². The first-order valence-corrected chi connectivity index (χ1v) is 5.89. The highest BCUT2D eigenvalue weighted by Crippen LogP contribution is 2.12. The van der Waals surface area contributed by atoms with Crippen molar-refractivity contribution in [3.05, 3.63) is 0 Å². The zero-order chi connectivity index (χ0) is 11.1. The van der Waals surface area contributed by atoms with Crippen LogP contribution in [0.15, 0.2) is 0 Å². The van der Waals surface area contributed by atoms with E-state index in [4.69, 9.17) is 0 Å². The largest absolute Gasteiger partial charge is 0.393 e. The van der Waals surface area contributed by atoms with Crippen molar-refractivity contribution in [2.45, 2.75) is 59.1 Å². The van der Waals surface area contributed by atoms with Crippen molar-refractivity contribution < 1.29 is 5.11 Å². The highest BCUT2D eigenvalue weighted by Gasteiger charge is 2.13. The van der Waals surface area contributed by atoms with Crippen LogP contribution in [-0.2, 0) is 0 Å². The number of nitrogens with zero attached hydrogens (tertiary/aromatic N) is 1. The fourth-order valence-corrected chi connectivity index (χ4v) is 1.69. The van der Waals surface area contributed by atoms with Gasteiger partial charge in [-0.25, -0.2) is 0 Å². The van der Waals surface area contributed by atoms with Gasteiger partial charge in [0, 0.05) is 12.6 Å². The Hall–Kier alpha value is -0.0800. The van der Waals surface area contributed by atoms with Gasteiger partial charge in [-0.05, 0) is 39.2 Å². The van der Waals surface area contributed by atoms with E-state index in [9.17, 15) is 5.11 Å². The average Bonchev–Trinajstić information content (AvgIpc) is 2.15. The second-order valence-electron chi connectivity index (χ2n) is 4.60. The zero-order valence-electron chi connectivity index (χ0n) is 10.5. The van der Waals surface area contributed by atoms with Gasteiger partial charge in [-0.3, -0.25) is 0 Å². The first-order chi connectivity index (χ1) is 6.51. The molecule has 2 nitrogen and oxygen atoms in total. The Morgan fingerprint density at radius 3 is 2.14 bits per heavy atom. The van der Waals surface area contributed by atoms with Crippen molar-refractivity contribution in [2.75, 3.05) is 13.6 Å². The third-order valence-corrected chi connectivity index (χ3v) is 3.09. The number of hydrogen-bond donors (Lipinski definition) is 1. The molecule has 0 saturated carbocycles. The number of hydrogen-bond acceptors (Lipinski definition) is 2. The minimum atomic E-state index is -0.115. The van der Waals surface area contributed by atoms with Crippen LogP contribution in [0, 0.1) is 5.92 Å². The van der Waals surface area contributed by atoms with Gasteiger partial charge in [-0.2, -0.15) is 0 Å². The monoisotopic (exact) mass is 201 g/mol. The van der Waals surface area contributed by atoms with Crippen LogP contribution in [0.3, 0.4) is 0 Å². The Labute approximate surface area is 89.3 Å². The topological polar surface area (TPSA) is 23.5 Å². The summed E-state index contributed by atoms with van der Waals surface area (Å²) >= 11 is 0. The second-order valence-corrected chi connectivity index (χ2v) is 4.60. The van der Waals surface area contributed by atoms with Gasteiger partial charge >= 0.3 is 0 Å². The molecule has 0 unspecified atom stereocenters. The van der Waals surface area contributed by atoms with E-state index in [0.29, 0.717) is 12.0 Å². The van der Waals surface area contributed by atoms with Crippen molar-refractivity contribution in [3.8, 4) is 0 Å². The van der Waals surface area contributed by atoms with E-state index in [0.717, 1.165) is 19.4 Å².